The third-order valence-electron chi connectivity index (χ3n) is 2.56. The molecule has 2 N–H and O–H groups in total. The van der Waals surface area contributed by atoms with Crippen LogP contribution in [0.5, 0.6) is 5.75 Å². The van der Waals surface area contributed by atoms with Crippen LogP contribution < -0.4 is 15.4 Å². The van der Waals surface area contributed by atoms with Gasteiger partial charge in [-0.1, -0.05) is 12.1 Å². The van der Waals surface area contributed by atoms with Gasteiger partial charge in [0.25, 0.3) is 0 Å². The Morgan fingerprint density at radius 3 is 2.57 bits per heavy atom. The number of ether oxygens (including phenoxy) is 1. The van der Waals surface area contributed by atoms with E-state index in [4.69, 9.17) is 0 Å². The summed E-state index contributed by atoms with van der Waals surface area (Å²) < 4.78 is 41.1. The van der Waals surface area contributed by atoms with Gasteiger partial charge in [0.2, 0.25) is 5.95 Å². The second-order valence-electron chi connectivity index (χ2n) is 4.14. The van der Waals surface area contributed by atoms with E-state index in [1.807, 2.05) is 0 Å². The molecule has 0 amide bonds. The zero-order valence-corrected chi connectivity index (χ0v) is 11.3. The maximum absolute atomic E-state index is 12.4. The van der Waals surface area contributed by atoms with Crippen LogP contribution in [0.15, 0.2) is 30.5 Å². The SMILES string of the molecule is CNc1ncc(C)c(Nc2ccccc2OC(F)(F)F)n1. The van der Waals surface area contributed by atoms with Crippen LogP contribution in [0.2, 0.25) is 0 Å². The van der Waals surface area contributed by atoms with E-state index >= 15 is 0 Å². The summed E-state index contributed by atoms with van der Waals surface area (Å²) in [4.78, 5) is 8.16. The fourth-order valence-electron chi connectivity index (χ4n) is 1.60. The lowest BCUT2D eigenvalue weighted by Gasteiger charge is -2.15. The summed E-state index contributed by atoms with van der Waals surface area (Å²) in [5.41, 5.74) is 0.856. The molecule has 2 aromatic rings. The van der Waals surface area contributed by atoms with E-state index in [0.717, 1.165) is 0 Å². The van der Waals surface area contributed by atoms with Gasteiger partial charge in [0, 0.05) is 18.8 Å². The van der Waals surface area contributed by atoms with Crippen molar-refractivity contribution in [3.8, 4) is 5.75 Å². The molecule has 8 heteroatoms. The van der Waals surface area contributed by atoms with Gasteiger partial charge >= 0.3 is 6.36 Å². The molecule has 0 saturated heterocycles. The number of para-hydroxylation sites is 2. The number of benzene rings is 1. The first-order chi connectivity index (χ1) is 9.89. The first-order valence-corrected chi connectivity index (χ1v) is 6.02. The summed E-state index contributed by atoms with van der Waals surface area (Å²) in [6.45, 7) is 1.75. The molecule has 1 aromatic carbocycles. The number of aromatic nitrogens is 2. The number of nitrogens with one attached hydrogen (secondary N) is 2. The van der Waals surface area contributed by atoms with Crippen LogP contribution in [-0.4, -0.2) is 23.4 Å². The van der Waals surface area contributed by atoms with Crippen LogP contribution in [0.25, 0.3) is 0 Å². The molecule has 2 rings (SSSR count). The summed E-state index contributed by atoms with van der Waals surface area (Å²) >= 11 is 0. The summed E-state index contributed by atoms with van der Waals surface area (Å²) in [6.07, 6.45) is -3.19. The van der Waals surface area contributed by atoms with Crippen molar-refractivity contribution >= 4 is 17.5 Å². The molecule has 0 saturated carbocycles. The van der Waals surface area contributed by atoms with Crippen molar-refractivity contribution in [1.82, 2.24) is 9.97 Å². The number of hydrogen-bond acceptors (Lipinski definition) is 5. The monoisotopic (exact) mass is 298 g/mol. The van der Waals surface area contributed by atoms with Crippen LogP contribution in [0.3, 0.4) is 0 Å². The van der Waals surface area contributed by atoms with Crippen molar-refractivity contribution in [3.63, 3.8) is 0 Å². The number of nitrogens with zero attached hydrogens (tertiary/aromatic N) is 2. The molecule has 21 heavy (non-hydrogen) atoms. The number of rotatable bonds is 4. The first kappa shape index (κ1) is 14.9. The highest BCUT2D eigenvalue weighted by molar-refractivity contribution is 5.66. The Hall–Kier alpha value is -2.51. The zero-order chi connectivity index (χ0) is 15.5. The van der Waals surface area contributed by atoms with Crippen LogP contribution >= 0.6 is 0 Å². The van der Waals surface area contributed by atoms with Gasteiger partial charge in [-0.15, -0.1) is 13.2 Å². The third kappa shape index (κ3) is 3.98. The first-order valence-electron chi connectivity index (χ1n) is 6.02. The lowest BCUT2D eigenvalue weighted by Crippen LogP contribution is -2.18. The Balaban J connectivity index is 2.31. The highest BCUT2D eigenvalue weighted by Gasteiger charge is 2.32. The predicted octanol–water partition coefficient (Wildman–Crippen LogP) is 3.47. The summed E-state index contributed by atoms with van der Waals surface area (Å²) in [5.74, 6) is 0.430. The highest BCUT2D eigenvalue weighted by Crippen LogP contribution is 2.32. The van der Waals surface area contributed by atoms with Gasteiger partial charge in [0.15, 0.2) is 5.75 Å². The van der Waals surface area contributed by atoms with Gasteiger partial charge in [0.1, 0.15) is 5.82 Å². The molecule has 0 aliphatic carbocycles. The Morgan fingerprint density at radius 2 is 1.90 bits per heavy atom. The maximum atomic E-state index is 12.4. The molecule has 0 atom stereocenters. The average molecular weight is 298 g/mol. The lowest BCUT2D eigenvalue weighted by atomic mass is 10.2. The van der Waals surface area contributed by atoms with E-state index in [9.17, 15) is 13.2 Å². The number of aryl methyl sites for hydroxylation is 1. The largest absolute Gasteiger partial charge is 0.573 e. The number of halogens is 3. The molecule has 5 nitrogen and oxygen atoms in total. The fourth-order valence-corrected chi connectivity index (χ4v) is 1.60. The zero-order valence-electron chi connectivity index (χ0n) is 11.3. The molecular weight excluding hydrogens is 285 g/mol. The van der Waals surface area contributed by atoms with Gasteiger partial charge in [-0.2, -0.15) is 4.98 Å². The fraction of sp³-hybridized carbons (Fsp3) is 0.231. The lowest BCUT2D eigenvalue weighted by molar-refractivity contribution is -0.274. The molecular formula is C13H13F3N4O. The minimum absolute atomic E-state index is 0.165. The van der Waals surface area contributed by atoms with Crippen molar-refractivity contribution in [2.24, 2.45) is 0 Å². The highest BCUT2D eigenvalue weighted by atomic mass is 19.4. The van der Waals surface area contributed by atoms with Gasteiger partial charge in [-0.25, -0.2) is 4.98 Å². The van der Waals surface area contributed by atoms with Crippen molar-refractivity contribution in [2.45, 2.75) is 13.3 Å². The summed E-state index contributed by atoms with van der Waals surface area (Å²) in [5, 5.41) is 5.58. The molecule has 0 fully saturated rings. The standard InChI is InChI=1S/C13H13F3N4O/c1-8-7-18-12(17-2)20-11(8)19-9-5-3-4-6-10(9)21-13(14,15)16/h3-7H,1-2H3,(H2,17,18,19,20). The molecule has 0 bridgehead atoms. The topological polar surface area (TPSA) is 59.1 Å². The Bertz CT molecular complexity index is 631. The second kappa shape index (κ2) is 5.86. The molecule has 112 valence electrons. The average Bonchev–Trinajstić information content (AvgIpc) is 2.42. The summed E-state index contributed by atoms with van der Waals surface area (Å²) in [6, 6.07) is 5.76. The van der Waals surface area contributed by atoms with E-state index in [2.05, 4.69) is 25.3 Å². The van der Waals surface area contributed by atoms with Gasteiger partial charge in [-0.3, -0.25) is 0 Å². The molecule has 0 aliphatic rings. The normalized spacial score (nSPS) is 11.1. The quantitative estimate of drug-likeness (QED) is 0.905. The molecule has 1 aromatic heterocycles. The van der Waals surface area contributed by atoms with Crippen LogP contribution in [0.1, 0.15) is 5.56 Å². The molecule has 1 heterocycles. The van der Waals surface area contributed by atoms with Gasteiger partial charge in [-0.05, 0) is 19.1 Å². The molecule has 0 unspecified atom stereocenters. The predicted molar refractivity (Wildman–Crippen MR) is 72.7 cm³/mol. The minimum Gasteiger partial charge on any atom is -0.404 e. The van der Waals surface area contributed by atoms with E-state index in [1.165, 1.54) is 18.2 Å². The number of anilines is 3. The number of hydrogen-bond donors (Lipinski definition) is 2. The molecule has 0 radical (unpaired) electrons. The Morgan fingerprint density at radius 1 is 1.19 bits per heavy atom. The van der Waals surface area contributed by atoms with E-state index in [1.54, 1.807) is 26.2 Å². The van der Waals surface area contributed by atoms with Crippen molar-refractivity contribution in [2.75, 3.05) is 17.7 Å². The van der Waals surface area contributed by atoms with Gasteiger partial charge < -0.3 is 15.4 Å². The Labute approximate surface area is 119 Å². The Kier molecular flexibility index (Phi) is 4.15. The van der Waals surface area contributed by atoms with E-state index in [0.29, 0.717) is 17.3 Å². The maximum Gasteiger partial charge on any atom is 0.573 e. The minimum atomic E-state index is -4.76. The number of alkyl halides is 3. The third-order valence-corrected chi connectivity index (χ3v) is 2.56. The van der Waals surface area contributed by atoms with Crippen molar-refractivity contribution in [1.29, 1.82) is 0 Å². The van der Waals surface area contributed by atoms with Crippen LogP contribution in [-0.2, 0) is 0 Å². The van der Waals surface area contributed by atoms with Crippen LogP contribution in [0, 0.1) is 6.92 Å². The second-order valence-corrected chi connectivity index (χ2v) is 4.14. The molecule has 0 spiro atoms. The van der Waals surface area contributed by atoms with Crippen LogP contribution in [0.4, 0.5) is 30.6 Å². The van der Waals surface area contributed by atoms with E-state index in [-0.39, 0.29) is 11.4 Å². The van der Waals surface area contributed by atoms with Crippen molar-refractivity contribution in [3.05, 3.63) is 36.0 Å². The van der Waals surface area contributed by atoms with E-state index < -0.39 is 6.36 Å². The summed E-state index contributed by atoms with van der Waals surface area (Å²) in [7, 11) is 1.65. The van der Waals surface area contributed by atoms with Crippen molar-refractivity contribution < 1.29 is 17.9 Å². The smallest absolute Gasteiger partial charge is 0.404 e. The van der Waals surface area contributed by atoms with Gasteiger partial charge in [0.05, 0.1) is 5.69 Å². The molecule has 0 aliphatic heterocycles.